The van der Waals surface area contributed by atoms with E-state index in [1.54, 1.807) is 11.9 Å². The molecule has 1 amide bonds. The predicted molar refractivity (Wildman–Crippen MR) is 126 cm³/mol. The molecule has 0 spiro atoms. The highest BCUT2D eigenvalue weighted by atomic mass is 16.6. The summed E-state index contributed by atoms with van der Waals surface area (Å²) >= 11 is 0. The van der Waals surface area contributed by atoms with Crippen LogP contribution in [-0.4, -0.2) is 46.4 Å². The van der Waals surface area contributed by atoms with Gasteiger partial charge in [0.25, 0.3) is 0 Å². The fraction of sp³-hybridized carbons (Fsp3) is 0.577. The SMILES string of the molecule is Cc1cc(-c2onc(C)c2COC(=O)N(C)C2CCCC2)ccc1O[C@H]1CCCC(C(=O)O)C1. The number of hydrogen-bond donors (Lipinski definition) is 1. The number of amides is 1. The lowest BCUT2D eigenvalue weighted by Gasteiger charge is -2.28. The lowest BCUT2D eigenvalue weighted by atomic mass is 9.87. The van der Waals surface area contributed by atoms with Gasteiger partial charge >= 0.3 is 12.1 Å². The maximum Gasteiger partial charge on any atom is 0.410 e. The average molecular weight is 471 g/mol. The Kier molecular flexibility index (Phi) is 7.44. The Hall–Kier alpha value is -3.03. The van der Waals surface area contributed by atoms with Crippen molar-refractivity contribution in [2.24, 2.45) is 5.92 Å². The lowest BCUT2D eigenvalue weighted by molar-refractivity contribution is -0.143. The number of aliphatic carboxylic acids is 1. The number of carboxylic acid groups (broad SMARTS) is 1. The van der Waals surface area contributed by atoms with Crippen molar-refractivity contribution in [1.82, 2.24) is 10.1 Å². The zero-order valence-corrected chi connectivity index (χ0v) is 20.2. The molecule has 1 aromatic heterocycles. The number of hydrogen-bond acceptors (Lipinski definition) is 6. The molecule has 2 aliphatic rings. The molecule has 0 bridgehead atoms. The normalized spacial score (nSPS) is 20.8. The number of aryl methyl sites for hydroxylation is 2. The van der Waals surface area contributed by atoms with Gasteiger partial charge in [-0.2, -0.15) is 0 Å². The Morgan fingerprint density at radius 1 is 1.15 bits per heavy atom. The fourth-order valence-electron chi connectivity index (χ4n) is 5.04. The summed E-state index contributed by atoms with van der Waals surface area (Å²) in [5.41, 5.74) is 3.18. The van der Waals surface area contributed by atoms with E-state index in [2.05, 4.69) is 5.16 Å². The molecular formula is C26H34N2O6. The first-order chi connectivity index (χ1) is 16.3. The van der Waals surface area contributed by atoms with Crippen molar-refractivity contribution in [3.8, 4) is 17.1 Å². The van der Waals surface area contributed by atoms with Crippen LogP contribution < -0.4 is 4.74 Å². The van der Waals surface area contributed by atoms with Gasteiger partial charge in [0.1, 0.15) is 12.4 Å². The van der Waals surface area contributed by atoms with Crippen molar-refractivity contribution < 1.29 is 28.7 Å². The maximum atomic E-state index is 12.5. The van der Waals surface area contributed by atoms with Crippen LogP contribution >= 0.6 is 0 Å². The number of aromatic nitrogens is 1. The van der Waals surface area contributed by atoms with Crippen LogP contribution in [0.25, 0.3) is 11.3 Å². The molecule has 2 atom stereocenters. The van der Waals surface area contributed by atoms with E-state index in [9.17, 15) is 14.7 Å². The quantitative estimate of drug-likeness (QED) is 0.571. The average Bonchev–Trinajstić information content (AvgIpc) is 3.48. The van der Waals surface area contributed by atoms with Crippen LogP contribution in [0.15, 0.2) is 22.7 Å². The Bertz CT molecular complexity index is 1030. The third-order valence-corrected chi connectivity index (χ3v) is 7.19. The van der Waals surface area contributed by atoms with Gasteiger partial charge in [0.15, 0.2) is 5.76 Å². The van der Waals surface area contributed by atoms with E-state index in [4.69, 9.17) is 14.0 Å². The largest absolute Gasteiger partial charge is 0.490 e. The molecule has 8 nitrogen and oxygen atoms in total. The van der Waals surface area contributed by atoms with Crippen LogP contribution in [0.5, 0.6) is 5.75 Å². The summed E-state index contributed by atoms with van der Waals surface area (Å²) in [7, 11) is 1.80. The number of carbonyl (C=O) groups is 2. The van der Waals surface area contributed by atoms with E-state index >= 15 is 0 Å². The van der Waals surface area contributed by atoms with E-state index in [1.165, 1.54) is 0 Å². The minimum atomic E-state index is -0.747. The first-order valence-corrected chi connectivity index (χ1v) is 12.2. The number of carboxylic acids is 1. The summed E-state index contributed by atoms with van der Waals surface area (Å²) in [6.07, 6.45) is 6.87. The van der Waals surface area contributed by atoms with Gasteiger partial charge in [-0.05, 0) is 76.1 Å². The first kappa shape index (κ1) is 24.1. The van der Waals surface area contributed by atoms with Crippen LogP contribution in [0.3, 0.4) is 0 Å². The molecule has 4 rings (SSSR count). The number of carbonyl (C=O) groups excluding carboxylic acids is 1. The topological polar surface area (TPSA) is 102 Å². The Morgan fingerprint density at radius 3 is 2.62 bits per heavy atom. The van der Waals surface area contributed by atoms with E-state index in [0.29, 0.717) is 24.3 Å². The van der Waals surface area contributed by atoms with Gasteiger partial charge in [-0.15, -0.1) is 0 Å². The number of benzene rings is 1. The van der Waals surface area contributed by atoms with Crippen LogP contribution in [0.4, 0.5) is 4.79 Å². The van der Waals surface area contributed by atoms with Crippen LogP contribution in [0, 0.1) is 19.8 Å². The van der Waals surface area contributed by atoms with Crippen molar-refractivity contribution in [2.45, 2.75) is 84.0 Å². The monoisotopic (exact) mass is 470 g/mol. The summed E-state index contributed by atoms with van der Waals surface area (Å²) < 4.78 is 17.4. The number of nitrogens with zero attached hydrogens (tertiary/aromatic N) is 2. The van der Waals surface area contributed by atoms with E-state index < -0.39 is 5.97 Å². The molecule has 2 fully saturated rings. The van der Waals surface area contributed by atoms with Gasteiger partial charge < -0.3 is 24.0 Å². The second-order valence-corrected chi connectivity index (χ2v) is 9.60. The molecule has 34 heavy (non-hydrogen) atoms. The molecule has 1 unspecified atom stereocenters. The number of ether oxygens (including phenoxy) is 2. The molecule has 8 heteroatoms. The number of rotatable bonds is 7. The zero-order chi connectivity index (χ0) is 24.2. The Labute approximate surface area is 200 Å². The standard InChI is InChI=1S/C26H34N2O6/c1-16-13-18(11-12-23(16)33-21-10-6-7-19(14-21)25(29)30)24-22(17(2)27-34-24)15-32-26(31)28(3)20-8-4-5-9-20/h11-13,19-21H,4-10,14-15H2,1-3H3,(H,29,30)/t19?,21-/m0/s1. The van der Waals surface area contributed by atoms with E-state index in [0.717, 1.165) is 61.0 Å². The molecule has 1 N–H and O–H groups in total. The molecule has 0 aliphatic heterocycles. The Morgan fingerprint density at radius 2 is 1.91 bits per heavy atom. The first-order valence-electron chi connectivity index (χ1n) is 12.2. The molecule has 2 aromatic rings. The third kappa shape index (κ3) is 5.37. The lowest BCUT2D eigenvalue weighted by Crippen LogP contribution is -2.35. The summed E-state index contributed by atoms with van der Waals surface area (Å²) in [5.74, 6) is 0.228. The van der Waals surface area contributed by atoms with Crippen LogP contribution in [0.1, 0.15) is 68.2 Å². The van der Waals surface area contributed by atoms with Crippen LogP contribution in [0.2, 0.25) is 0 Å². The van der Waals surface area contributed by atoms with Gasteiger partial charge in [-0.25, -0.2) is 4.79 Å². The van der Waals surface area contributed by atoms with Crippen molar-refractivity contribution in [3.63, 3.8) is 0 Å². The molecule has 1 aromatic carbocycles. The second kappa shape index (κ2) is 10.5. The van der Waals surface area contributed by atoms with Gasteiger partial charge in [-0.3, -0.25) is 4.79 Å². The zero-order valence-electron chi connectivity index (χ0n) is 20.2. The molecular weight excluding hydrogens is 436 g/mol. The molecule has 0 radical (unpaired) electrons. The Balaban J connectivity index is 1.43. The second-order valence-electron chi connectivity index (χ2n) is 9.60. The van der Waals surface area contributed by atoms with E-state index in [1.807, 2.05) is 32.0 Å². The fourth-order valence-corrected chi connectivity index (χ4v) is 5.04. The van der Waals surface area contributed by atoms with Crippen molar-refractivity contribution in [2.75, 3.05) is 7.05 Å². The minimum Gasteiger partial charge on any atom is -0.490 e. The summed E-state index contributed by atoms with van der Waals surface area (Å²) in [5, 5.41) is 13.4. The molecule has 2 saturated carbocycles. The van der Waals surface area contributed by atoms with Crippen LogP contribution in [-0.2, 0) is 16.1 Å². The molecule has 0 saturated heterocycles. The summed E-state index contributed by atoms with van der Waals surface area (Å²) in [6.45, 7) is 3.88. The smallest absolute Gasteiger partial charge is 0.410 e. The minimum absolute atomic E-state index is 0.0938. The van der Waals surface area contributed by atoms with Crippen molar-refractivity contribution in [1.29, 1.82) is 0 Å². The van der Waals surface area contributed by atoms with E-state index in [-0.39, 0.29) is 30.8 Å². The predicted octanol–water partition coefficient (Wildman–Crippen LogP) is 5.49. The van der Waals surface area contributed by atoms with Crippen molar-refractivity contribution in [3.05, 3.63) is 35.0 Å². The molecule has 184 valence electrons. The summed E-state index contributed by atoms with van der Waals surface area (Å²) in [6, 6.07) is 6.00. The summed E-state index contributed by atoms with van der Waals surface area (Å²) in [4.78, 5) is 25.6. The molecule has 1 heterocycles. The molecule has 2 aliphatic carbocycles. The van der Waals surface area contributed by atoms with Gasteiger partial charge in [0.2, 0.25) is 0 Å². The highest BCUT2D eigenvalue weighted by molar-refractivity contribution is 5.70. The van der Waals surface area contributed by atoms with Gasteiger partial charge in [-0.1, -0.05) is 18.0 Å². The maximum absolute atomic E-state index is 12.5. The third-order valence-electron chi connectivity index (χ3n) is 7.19. The highest BCUT2D eigenvalue weighted by Gasteiger charge is 2.29. The van der Waals surface area contributed by atoms with Gasteiger partial charge in [0.05, 0.1) is 23.3 Å². The van der Waals surface area contributed by atoms with Crippen molar-refractivity contribution >= 4 is 12.1 Å². The highest BCUT2D eigenvalue weighted by Crippen LogP contribution is 2.33. The van der Waals surface area contributed by atoms with Gasteiger partial charge in [0, 0.05) is 18.7 Å².